The molecule has 0 spiro atoms. The predicted molar refractivity (Wildman–Crippen MR) is 116 cm³/mol. The number of thiazole rings is 1. The Balaban J connectivity index is 2.17. The molecule has 0 aliphatic carbocycles. The Morgan fingerprint density at radius 2 is 1.89 bits per heavy atom. The van der Waals surface area contributed by atoms with Gasteiger partial charge in [0.15, 0.2) is 4.80 Å². The predicted octanol–water partition coefficient (Wildman–Crippen LogP) is 4.68. The molecule has 0 saturated heterocycles. The Morgan fingerprint density at radius 1 is 1.18 bits per heavy atom. The van der Waals surface area contributed by atoms with Crippen molar-refractivity contribution in [3.8, 4) is 11.3 Å². The third kappa shape index (κ3) is 3.93. The number of para-hydroxylation sites is 1. The highest BCUT2D eigenvalue weighted by Gasteiger charge is 2.22. The zero-order valence-electron chi connectivity index (χ0n) is 16.2. The third-order valence-electron chi connectivity index (χ3n) is 4.43. The fourth-order valence-corrected chi connectivity index (χ4v) is 5.18. The van der Waals surface area contributed by atoms with Crippen molar-refractivity contribution < 1.29 is 8.42 Å². The summed E-state index contributed by atoms with van der Waals surface area (Å²) in [6, 6.07) is 13.1. The molecule has 0 saturated carbocycles. The molecule has 0 aliphatic heterocycles. The summed E-state index contributed by atoms with van der Waals surface area (Å²) in [5, 5.41) is 2.20. The molecule has 3 aromatic rings. The molecule has 1 aromatic heterocycles. The third-order valence-corrected chi connectivity index (χ3v) is 7.59. The first-order valence-electron chi connectivity index (χ1n) is 8.77. The van der Waals surface area contributed by atoms with E-state index in [2.05, 4.69) is 4.57 Å². The molecule has 0 N–H and O–H groups in total. The minimum absolute atomic E-state index is 0.0999. The van der Waals surface area contributed by atoms with Crippen molar-refractivity contribution in [1.82, 2.24) is 8.87 Å². The minimum Gasteiger partial charge on any atom is -0.317 e. The van der Waals surface area contributed by atoms with Gasteiger partial charge < -0.3 is 4.57 Å². The van der Waals surface area contributed by atoms with Gasteiger partial charge in [0.05, 0.1) is 16.4 Å². The number of nitrogens with zero attached hydrogens (tertiary/aromatic N) is 3. The van der Waals surface area contributed by atoms with E-state index in [1.54, 1.807) is 12.1 Å². The van der Waals surface area contributed by atoms with E-state index >= 15 is 0 Å². The molecule has 0 aliphatic rings. The maximum absolute atomic E-state index is 12.6. The van der Waals surface area contributed by atoms with Gasteiger partial charge in [-0.2, -0.15) is 0 Å². The number of aromatic nitrogens is 1. The molecule has 0 atom stereocenters. The van der Waals surface area contributed by atoms with E-state index in [-0.39, 0.29) is 9.92 Å². The zero-order chi connectivity index (χ0) is 20.5. The van der Waals surface area contributed by atoms with E-state index < -0.39 is 10.0 Å². The molecule has 0 bridgehead atoms. The average Bonchev–Trinajstić information content (AvgIpc) is 3.06. The lowest BCUT2D eigenvalue weighted by atomic mass is 10.2. The Bertz CT molecular complexity index is 1180. The smallest absolute Gasteiger partial charge is 0.244 e. The van der Waals surface area contributed by atoms with Gasteiger partial charge >= 0.3 is 0 Å². The Kier molecular flexibility index (Phi) is 6.09. The lowest BCUT2D eigenvalue weighted by Crippen LogP contribution is -2.22. The Labute approximate surface area is 174 Å². The Morgan fingerprint density at radius 3 is 2.54 bits per heavy atom. The zero-order valence-corrected chi connectivity index (χ0v) is 18.6. The van der Waals surface area contributed by atoms with Gasteiger partial charge in [0.25, 0.3) is 0 Å². The highest BCUT2D eigenvalue weighted by atomic mass is 35.5. The molecule has 28 heavy (non-hydrogen) atoms. The van der Waals surface area contributed by atoms with E-state index in [0.29, 0.717) is 6.54 Å². The van der Waals surface area contributed by atoms with Gasteiger partial charge in [-0.25, -0.2) is 17.7 Å². The molecule has 1 heterocycles. The molecule has 2 aromatic carbocycles. The summed E-state index contributed by atoms with van der Waals surface area (Å²) in [4.78, 5) is 5.76. The van der Waals surface area contributed by atoms with Crippen molar-refractivity contribution in [3.63, 3.8) is 0 Å². The SMILES string of the molecule is CCn1c(-c2ccc(Cl)c(S(=O)(=O)N(C)C)c2)csc1=Nc1ccccc1C. The van der Waals surface area contributed by atoms with Crippen LogP contribution in [-0.4, -0.2) is 31.4 Å². The second-order valence-electron chi connectivity index (χ2n) is 6.48. The van der Waals surface area contributed by atoms with Crippen molar-refractivity contribution in [2.45, 2.75) is 25.3 Å². The monoisotopic (exact) mass is 435 g/mol. The van der Waals surface area contributed by atoms with Crippen molar-refractivity contribution >= 4 is 38.6 Å². The van der Waals surface area contributed by atoms with Crippen LogP contribution in [0.2, 0.25) is 5.02 Å². The van der Waals surface area contributed by atoms with E-state index in [9.17, 15) is 8.42 Å². The summed E-state index contributed by atoms with van der Waals surface area (Å²) in [7, 11) is -0.644. The molecule has 3 rings (SSSR count). The molecular weight excluding hydrogens is 414 g/mol. The standard InChI is InChI=1S/C20H22ClN3O2S2/c1-5-24-18(13-27-20(24)22-17-9-7-6-8-14(17)2)15-10-11-16(21)19(12-15)28(25,26)23(3)4/h6-13H,5H2,1-4H3. The molecule has 8 heteroatoms. The molecule has 0 unspecified atom stereocenters. The van der Waals surface area contributed by atoms with Crippen LogP contribution in [0.1, 0.15) is 12.5 Å². The van der Waals surface area contributed by atoms with Gasteiger partial charge in [-0.1, -0.05) is 35.9 Å². The fraction of sp³-hybridized carbons (Fsp3) is 0.250. The first kappa shape index (κ1) is 20.8. The quantitative estimate of drug-likeness (QED) is 0.584. The van der Waals surface area contributed by atoms with Gasteiger partial charge in [0.1, 0.15) is 4.90 Å². The van der Waals surface area contributed by atoms with Gasteiger partial charge in [-0.3, -0.25) is 0 Å². The molecule has 148 valence electrons. The van der Waals surface area contributed by atoms with Crippen molar-refractivity contribution in [3.05, 3.63) is 63.2 Å². The molecule has 0 radical (unpaired) electrons. The molecular formula is C20H22ClN3O2S2. The highest BCUT2D eigenvalue weighted by molar-refractivity contribution is 7.89. The number of aryl methyl sites for hydroxylation is 1. The average molecular weight is 436 g/mol. The number of hydrogen-bond acceptors (Lipinski definition) is 4. The van der Waals surface area contributed by atoms with Gasteiger partial charge in [0, 0.05) is 31.6 Å². The Hall–Kier alpha value is -1.93. The number of hydrogen-bond donors (Lipinski definition) is 0. The van der Waals surface area contributed by atoms with Crippen LogP contribution >= 0.6 is 22.9 Å². The number of benzene rings is 2. The lowest BCUT2D eigenvalue weighted by molar-refractivity contribution is 0.521. The van der Waals surface area contributed by atoms with Crippen molar-refractivity contribution in [1.29, 1.82) is 0 Å². The van der Waals surface area contributed by atoms with Crippen LogP contribution in [0.25, 0.3) is 11.3 Å². The van der Waals surface area contributed by atoms with Crippen molar-refractivity contribution in [2.75, 3.05) is 14.1 Å². The normalized spacial score (nSPS) is 12.7. The van der Waals surface area contributed by atoms with Crippen molar-refractivity contribution in [2.24, 2.45) is 4.99 Å². The number of halogens is 1. The van der Waals surface area contributed by atoms with E-state index in [1.807, 2.05) is 49.6 Å². The first-order chi connectivity index (χ1) is 13.3. The molecule has 0 fully saturated rings. The van der Waals surface area contributed by atoms with Crippen LogP contribution in [0, 0.1) is 6.92 Å². The molecule has 5 nitrogen and oxygen atoms in total. The maximum atomic E-state index is 12.6. The fourth-order valence-electron chi connectivity index (χ4n) is 2.80. The minimum atomic E-state index is -3.63. The summed E-state index contributed by atoms with van der Waals surface area (Å²) in [5.41, 5.74) is 3.72. The van der Waals surface area contributed by atoms with Crippen LogP contribution in [0.5, 0.6) is 0 Å². The van der Waals surface area contributed by atoms with Crippen LogP contribution in [-0.2, 0) is 16.6 Å². The highest BCUT2D eigenvalue weighted by Crippen LogP contribution is 2.30. The second kappa shape index (κ2) is 8.21. The largest absolute Gasteiger partial charge is 0.317 e. The topological polar surface area (TPSA) is 54.7 Å². The maximum Gasteiger partial charge on any atom is 0.244 e. The number of sulfonamides is 1. The molecule has 0 amide bonds. The summed E-state index contributed by atoms with van der Waals surface area (Å²) < 4.78 is 28.4. The van der Waals surface area contributed by atoms with Gasteiger partial charge in [-0.05, 0) is 37.6 Å². The van der Waals surface area contributed by atoms with E-state index in [4.69, 9.17) is 16.6 Å². The van der Waals surface area contributed by atoms with Crippen LogP contribution in [0.15, 0.2) is 57.7 Å². The van der Waals surface area contributed by atoms with E-state index in [1.165, 1.54) is 29.7 Å². The summed E-state index contributed by atoms with van der Waals surface area (Å²) in [5.74, 6) is 0. The summed E-state index contributed by atoms with van der Waals surface area (Å²) >= 11 is 7.71. The van der Waals surface area contributed by atoms with Crippen LogP contribution in [0.3, 0.4) is 0 Å². The van der Waals surface area contributed by atoms with Crippen LogP contribution in [0.4, 0.5) is 5.69 Å². The van der Waals surface area contributed by atoms with Crippen LogP contribution < -0.4 is 4.80 Å². The van der Waals surface area contributed by atoms with Gasteiger partial charge in [-0.15, -0.1) is 11.3 Å². The first-order valence-corrected chi connectivity index (χ1v) is 11.5. The summed E-state index contributed by atoms with van der Waals surface area (Å²) in [6.07, 6.45) is 0. The van der Waals surface area contributed by atoms with Gasteiger partial charge in [0.2, 0.25) is 10.0 Å². The summed E-state index contributed by atoms with van der Waals surface area (Å²) in [6.45, 7) is 4.78. The lowest BCUT2D eigenvalue weighted by Gasteiger charge is -2.14. The van der Waals surface area contributed by atoms with E-state index in [0.717, 1.165) is 27.3 Å². The second-order valence-corrected chi connectivity index (χ2v) is 9.84. The number of rotatable bonds is 5.